The van der Waals surface area contributed by atoms with Gasteiger partial charge in [0.15, 0.2) is 9.84 Å². The molecule has 0 aliphatic rings. The molecule has 1 unspecified atom stereocenters. The van der Waals surface area contributed by atoms with Crippen molar-refractivity contribution in [3.63, 3.8) is 0 Å². The Bertz CT molecular complexity index is 448. The summed E-state index contributed by atoms with van der Waals surface area (Å²) in [6.45, 7) is 2.34. The maximum absolute atomic E-state index is 11.6. The maximum Gasteiger partial charge on any atom is 0.151 e. The summed E-state index contributed by atoms with van der Waals surface area (Å²) in [5, 5.41) is 3.22. The van der Waals surface area contributed by atoms with Crippen molar-refractivity contribution in [1.29, 1.82) is 0 Å². The molecule has 0 bridgehead atoms. The lowest BCUT2D eigenvalue weighted by atomic mass is 10.1. The Kier molecular flexibility index (Phi) is 7.42. The average molecular weight is 304 g/mol. The van der Waals surface area contributed by atoms with Crippen LogP contribution in [-0.4, -0.2) is 38.4 Å². The van der Waals surface area contributed by atoms with Gasteiger partial charge in [-0.25, -0.2) is 8.42 Å². The van der Waals surface area contributed by atoms with Gasteiger partial charge in [-0.1, -0.05) is 37.3 Å². The largest absolute Gasteiger partial charge is 0.311 e. The summed E-state index contributed by atoms with van der Waals surface area (Å²) in [5.41, 5.74) is 1.21. The minimum Gasteiger partial charge on any atom is -0.311 e. The highest BCUT2D eigenvalue weighted by Gasteiger charge is 2.12. The first-order valence-corrected chi connectivity index (χ1v) is 8.96. The fourth-order valence-corrected chi connectivity index (χ4v) is 3.38. The lowest BCUT2D eigenvalue weighted by molar-refractivity contribution is 0.557. The molecule has 0 aliphatic carbocycles. The number of halogens is 1. The van der Waals surface area contributed by atoms with Crippen molar-refractivity contribution in [1.82, 2.24) is 5.32 Å². The molecule has 0 aromatic heterocycles. The molecule has 0 amide bonds. The highest BCUT2D eigenvalue weighted by molar-refractivity contribution is 7.91. The minimum absolute atomic E-state index is 0.112. The van der Waals surface area contributed by atoms with Crippen LogP contribution in [0.15, 0.2) is 30.3 Å². The van der Waals surface area contributed by atoms with Crippen LogP contribution in [0.4, 0.5) is 0 Å². The van der Waals surface area contributed by atoms with E-state index >= 15 is 0 Å². The van der Waals surface area contributed by atoms with E-state index in [1.807, 2.05) is 25.1 Å². The Labute approximate surface area is 121 Å². The quantitative estimate of drug-likeness (QED) is 0.712. The monoisotopic (exact) mass is 303 g/mol. The summed E-state index contributed by atoms with van der Waals surface area (Å²) < 4.78 is 23.2. The second-order valence-electron chi connectivity index (χ2n) is 4.65. The second-order valence-corrected chi connectivity index (χ2v) is 7.26. The molecule has 0 heterocycles. The third-order valence-corrected chi connectivity index (χ3v) is 5.10. The number of alkyl halides is 1. The molecular formula is C14H22ClNO2S. The normalized spacial score (nSPS) is 13.4. The molecule has 3 nitrogen and oxygen atoms in total. The topological polar surface area (TPSA) is 46.2 Å². The number of hydrogen-bond donors (Lipinski definition) is 1. The molecule has 0 fully saturated rings. The van der Waals surface area contributed by atoms with Gasteiger partial charge >= 0.3 is 0 Å². The van der Waals surface area contributed by atoms with E-state index in [2.05, 4.69) is 17.4 Å². The van der Waals surface area contributed by atoms with Crippen LogP contribution in [0.3, 0.4) is 0 Å². The van der Waals surface area contributed by atoms with Crippen molar-refractivity contribution in [2.45, 2.75) is 25.8 Å². The fourth-order valence-electron chi connectivity index (χ4n) is 1.91. The third-order valence-electron chi connectivity index (χ3n) is 2.87. The van der Waals surface area contributed by atoms with Crippen molar-refractivity contribution in [3.05, 3.63) is 35.9 Å². The molecule has 1 aromatic rings. The molecule has 1 atom stereocenters. The number of hydrogen-bond acceptors (Lipinski definition) is 3. The van der Waals surface area contributed by atoms with E-state index in [0.29, 0.717) is 18.8 Å². The highest BCUT2D eigenvalue weighted by Crippen LogP contribution is 2.04. The van der Waals surface area contributed by atoms with E-state index in [1.54, 1.807) is 0 Å². The molecule has 5 heteroatoms. The van der Waals surface area contributed by atoms with Gasteiger partial charge < -0.3 is 5.32 Å². The second kappa shape index (κ2) is 8.56. The Hall–Kier alpha value is -0.580. The molecule has 0 spiro atoms. The third kappa shape index (κ3) is 6.95. The molecule has 1 aromatic carbocycles. The van der Waals surface area contributed by atoms with Gasteiger partial charge in [0.2, 0.25) is 0 Å². The van der Waals surface area contributed by atoms with Crippen LogP contribution in [0.1, 0.15) is 18.9 Å². The van der Waals surface area contributed by atoms with E-state index in [0.717, 1.165) is 6.42 Å². The van der Waals surface area contributed by atoms with Crippen molar-refractivity contribution < 1.29 is 8.42 Å². The van der Waals surface area contributed by atoms with Crippen molar-refractivity contribution >= 4 is 21.4 Å². The van der Waals surface area contributed by atoms with E-state index in [9.17, 15) is 8.42 Å². The molecule has 0 saturated carbocycles. The van der Waals surface area contributed by atoms with Crippen LogP contribution >= 0.6 is 11.6 Å². The fraction of sp³-hybridized carbons (Fsp3) is 0.571. The van der Waals surface area contributed by atoms with Crippen LogP contribution in [0, 0.1) is 0 Å². The average Bonchev–Trinajstić information content (AvgIpc) is 2.38. The lowest BCUT2D eigenvalue weighted by Gasteiger charge is -2.16. The van der Waals surface area contributed by atoms with Gasteiger partial charge in [-0.3, -0.25) is 0 Å². The maximum atomic E-state index is 11.6. The van der Waals surface area contributed by atoms with Gasteiger partial charge in [0.25, 0.3) is 0 Å². The number of rotatable bonds is 9. The van der Waals surface area contributed by atoms with Gasteiger partial charge in [0, 0.05) is 24.2 Å². The van der Waals surface area contributed by atoms with Gasteiger partial charge in [0.05, 0.1) is 5.75 Å². The van der Waals surface area contributed by atoms with Gasteiger partial charge in [-0.05, 0) is 18.4 Å². The number of sulfone groups is 1. The predicted molar refractivity (Wildman–Crippen MR) is 81.6 cm³/mol. The molecule has 0 saturated heterocycles. The molecule has 1 N–H and O–H groups in total. The summed E-state index contributed by atoms with van der Waals surface area (Å²) >= 11 is 5.92. The molecule has 108 valence electrons. The van der Waals surface area contributed by atoms with E-state index in [4.69, 9.17) is 11.6 Å². The molecule has 19 heavy (non-hydrogen) atoms. The zero-order valence-corrected chi connectivity index (χ0v) is 12.9. The summed E-state index contributed by atoms with van der Waals surface area (Å²) in [7, 11) is -2.91. The summed E-state index contributed by atoms with van der Waals surface area (Å²) in [6.07, 6.45) is 1.49. The van der Waals surface area contributed by atoms with Crippen LogP contribution < -0.4 is 5.32 Å². The first kappa shape index (κ1) is 16.5. The highest BCUT2D eigenvalue weighted by atomic mass is 35.5. The first-order valence-electron chi connectivity index (χ1n) is 6.61. The predicted octanol–water partition coefficient (Wildman–Crippen LogP) is 2.25. The summed E-state index contributed by atoms with van der Waals surface area (Å²) in [4.78, 5) is 0. The summed E-state index contributed by atoms with van der Waals surface area (Å²) in [6, 6.07) is 10.2. The zero-order valence-electron chi connectivity index (χ0n) is 11.3. The molecule has 1 rings (SSSR count). The Balaban J connectivity index is 2.37. The van der Waals surface area contributed by atoms with Crippen molar-refractivity contribution in [3.8, 4) is 0 Å². The Morgan fingerprint density at radius 3 is 2.47 bits per heavy atom. The van der Waals surface area contributed by atoms with E-state index in [-0.39, 0.29) is 17.5 Å². The minimum atomic E-state index is -2.91. The zero-order chi connectivity index (χ0) is 14.1. The SMILES string of the molecule is CCCS(=O)(=O)CCNC(CCl)Cc1ccccc1. The van der Waals surface area contributed by atoms with Crippen LogP contribution in [0.2, 0.25) is 0 Å². The van der Waals surface area contributed by atoms with Crippen LogP contribution in [0.25, 0.3) is 0 Å². The van der Waals surface area contributed by atoms with Gasteiger partial charge in [-0.2, -0.15) is 0 Å². The van der Waals surface area contributed by atoms with Crippen LogP contribution in [-0.2, 0) is 16.3 Å². The first-order chi connectivity index (χ1) is 9.07. The lowest BCUT2D eigenvalue weighted by Crippen LogP contribution is -2.36. The van der Waals surface area contributed by atoms with Gasteiger partial charge in [-0.15, -0.1) is 11.6 Å². The molecular weight excluding hydrogens is 282 g/mol. The van der Waals surface area contributed by atoms with Crippen molar-refractivity contribution in [2.24, 2.45) is 0 Å². The van der Waals surface area contributed by atoms with Gasteiger partial charge in [0.1, 0.15) is 0 Å². The Morgan fingerprint density at radius 2 is 1.89 bits per heavy atom. The van der Waals surface area contributed by atoms with E-state index < -0.39 is 9.84 Å². The number of benzene rings is 1. The smallest absolute Gasteiger partial charge is 0.151 e. The number of nitrogens with one attached hydrogen (secondary N) is 1. The molecule has 0 radical (unpaired) electrons. The summed E-state index contributed by atoms with van der Waals surface area (Å²) in [5.74, 6) is 0.921. The van der Waals surface area contributed by atoms with Crippen molar-refractivity contribution in [2.75, 3.05) is 23.9 Å². The van der Waals surface area contributed by atoms with E-state index in [1.165, 1.54) is 5.56 Å². The van der Waals surface area contributed by atoms with Crippen LogP contribution in [0.5, 0.6) is 0 Å². The Morgan fingerprint density at radius 1 is 1.21 bits per heavy atom. The standard InChI is InChI=1S/C14H22ClNO2S/c1-2-9-19(17,18)10-8-16-14(12-15)11-13-6-4-3-5-7-13/h3-7,14,16H,2,8-12H2,1H3. The molecule has 0 aliphatic heterocycles.